The number of hydrogen-bond acceptors (Lipinski definition) is 4. The van der Waals surface area contributed by atoms with Crippen molar-refractivity contribution >= 4 is 51.4 Å². The predicted molar refractivity (Wildman–Crippen MR) is 85.3 cm³/mol. The highest BCUT2D eigenvalue weighted by molar-refractivity contribution is 7.15. The number of alkyl halides is 1. The Morgan fingerprint density at radius 1 is 1.38 bits per heavy atom. The first-order valence-electron chi connectivity index (χ1n) is 6.10. The number of carbonyl (C=O) groups is 1. The minimum atomic E-state index is -0.637. The summed E-state index contributed by atoms with van der Waals surface area (Å²) in [6.45, 7) is 1.59. The first kappa shape index (κ1) is 14.3. The van der Waals surface area contributed by atoms with Crippen LogP contribution in [0.4, 0.5) is 5.95 Å². The molecule has 3 rings (SSSR count). The predicted octanol–water partition coefficient (Wildman–Crippen LogP) is 3.68. The zero-order valence-electron chi connectivity index (χ0n) is 10.9. The van der Waals surface area contributed by atoms with Crippen molar-refractivity contribution in [3.63, 3.8) is 0 Å². The van der Waals surface area contributed by atoms with Crippen molar-refractivity contribution in [2.75, 3.05) is 5.32 Å². The van der Waals surface area contributed by atoms with E-state index in [0.29, 0.717) is 9.98 Å². The molecule has 1 atom stereocenters. The third kappa shape index (κ3) is 2.88. The fourth-order valence-corrected chi connectivity index (χ4v) is 2.77. The van der Waals surface area contributed by atoms with Crippen LogP contribution in [0.3, 0.4) is 0 Å². The molecule has 0 aliphatic heterocycles. The van der Waals surface area contributed by atoms with Crippen molar-refractivity contribution in [2.45, 2.75) is 12.3 Å². The van der Waals surface area contributed by atoms with Gasteiger partial charge in [0.05, 0.1) is 5.69 Å². The van der Waals surface area contributed by atoms with Crippen molar-refractivity contribution in [3.05, 3.63) is 34.7 Å². The van der Waals surface area contributed by atoms with Crippen LogP contribution in [0, 0.1) is 0 Å². The zero-order valence-corrected chi connectivity index (χ0v) is 13.2. The number of halogens is 2. The number of nitrogens with zero attached hydrogens (tertiary/aromatic N) is 3. The summed E-state index contributed by atoms with van der Waals surface area (Å²) in [7, 11) is 0. The molecule has 0 radical (unpaired) electrons. The maximum atomic E-state index is 11.6. The number of rotatable bonds is 3. The quantitative estimate of drug-likeness (QED) is 0.740. The minimum Gasteiger partial charge on any atom is -0.292 e. The van der Waals surface area contributed by atoms with Gasteiger partial charge in [-0.15, -0.1) is 28.0 Å². The van der Waals surface area contributed by atoms with Crippen LogP contribution >= 0.6 is 34.5 Å². The van der Waals surface area contributed by atoms with E-state index in [1.807, 2.05) is 29.6 Å². The molecule has 5 nitrogen and oxygen atoms in total. The molecule has 1 amide bonds. The molecule has 0 saturated heterocycles. The molecule has 108 valence electrons. The number of fused-ring (bicyclic) bond motifs is 1. The smallest absolute Gasteiger partial charge is 0.250 e. The summed E-state index contributed by atoms with van der Waals surface area (Å²) in [5.41, 5.74) is 1.86. The number of anilines is 1. The molecule has 1 N–H and O–H groups in total. The topological polar surface area (TPSA) is 59.3 Å². The first-order valence-corrected chi connectivity index (χ1v) is 7.79. The van der Waals surface area contributed by atoms with Gasteiger partial charge in [0.15, 0.2) is 0 Å². The molecule has 0 spiro atoms. The Kier molecular flexibility index (Phi) is 3.84. The number of aromatic nitrogens is 3. The molecule has 0 bridgehead atoms. The maximum Gasteiger partial charge on any atom is 0.250 e. The van der Waals surface area contributed by atoms with Crippen LogP contribution in [0.5, 0.6) is 0 Å². The summed E-state index contributed by atoms with van der Waals surface area (Å²) in [6.07, 6.45) is 0. The van der Waals surface area contributed by atoms with Crippen LogP contribution in [0.25, 0.3) is 16.2 Å². The summed E-state index contributed by atoms with van der Waals surface area (Å²) in [4.78, 5) is 16.5. The Morgan fingerprint density at radius 3 is 2.76 bits per heavy atom. The average molecular weight is 341 g/mol. The molecule has 1 unspecified atom stereocenters. The van der Waals surface area contributed by atoms with Crippen molar-refractivity contribution < 1.29 is 4.79 Å². The van der Waals surface area contributed by atoms with Crippen LogP contribution in [0.15, 0.2) is 29.6 Å². The highest BCUT2D eigenvalue weighted by Gasteiger charge is 2.15. The highest BCUT2D eigenvalue weighted by Crippen LogP contribution is 2.26. The summed E-state index contributed by atoms with van der Waals surface area (Å²) in [5, 5.41) is 8.85. The molecule has 0 aliphatic rings. The number of carbonyl (C=O) groups excluding carboxylic acids is 1. The summed E-state index contributed by atoms with van der Waals surface area (Å²) < 4.78 is 1.68. The van der Waals surface area contributed by atoms with E-state index in [4.69, 9.17) is 23.2 Å². The van der Waals surface area contributed by atoms with E-state index < -0.39 is 5.38 Å². The zero-order chi connectivity index (χ0) is 15.0. The van der Waals surface area contributed by atoms with Gasteiger partial charge in [0, 0.05) is 16.0 Å². The Balaban J connectivity index is 1.96. The standard InChI is InChI=1S/C13H10Cl2N4OS/c1-7(14)11(20)16-12-17-13-19(18-12)10(6-21-13)8-2-4-9(15)5-3-8/h2-7H,1H3,(H,16,18,20). The van der Waals surface area contributed by atoms with E-state index in [-0.39, 0.29) is 11.9 Å². The van der Waals surface area contributed by atoms with E-state index in [1.54, 1.807) is 11.4 Å². The third-order valence-corrected chi connectivity index (χ3v) is 4.08. The second-order valence-corrected chi connectivity index (χ2v) is 6.29. The molecule has 3 aromatic rings. The minimum absolute atomic E-state index is 0.245. The molecule has 2 heterocycles. The monoisotopic (exact) mass is 340 g/mol. The van der Waals surface area contributed by atoms with Gasteiger partial charge in [-0.3, -0.25) is 10.1 Å². The Bertz CT molecular complexity index is 794. The number of hydrogen-bond donors (Lipinski definition) is 1. The van der Waals surface area contributed by atoms with Crippen molar-refractivity contribution in [1.29, 1.82) is 0 Å². The van der Waals surface area contributed by atoms with Gasteiger partial charge in [-0.1, -0.05) is 23.7 Å². The van der Waals surface area contributed by atoms with E-state index in [2.05, 4.69) is 15.4 Å². The Hall–Kier alpha value is -1.63. The Labute approximate surface area is 134 Å². The summed E-state index contributed by atoms with van der Waals surface area (Å²) in [5.74, 6) is -0.0856. The number of benzene rings is 1. The molecule has 0 fully saturated rings. The first-order chi connectivity index (χ1) is 10.0. The molecular weight excluding hydrogens is 331 g/mol. The van der Waals surface area contributed by atoms with Gasteiger partial charge >= 0.3 is 0 Å². The van der Waals surface area contributed by atoms with Crippen molar-refractivity contribution in [3.8, 4) is 11.3 Å². The van der Waals surface area contributed by atoms with Gasteiger partial charge in [0.1, 0.15) is 5.38 Å². The van der Waals surface area contributed by atoms with Crippen LogP contribution in [-0.4, -0.2) is 25.9 Å². The SMILES string of the molecule is CC(Cl)C(=O)Nc1nc2scc(-c3ccc(Cl)cc3)n2n1. The van der Waals surface area contributed by atoms with Gasteiger partial charge in [0.25, 0.3) is 5.95 Å². The third-order valence-electron chi connectivity index (χ3n) is 2.82. The lowest BCUT2D eigenvalue weighted by molar-refractivity contribution is -0.115. The molecule has 1 aromatic carbocycles. The second kappa shape index (κ2) is 5.63. The lowest BCUT2D eigenvalue weighted by Crippen LogP contribution is -2.21. The summed E-state index contributed by atoms with van der Waals surface area (Å²) in [6, 6.07) is 7.44. The fourth-order valence-electron chi connectivity index (χ4n) is 1.76. The molecule has 21 heavy (non-hydrogen) atoms. The van der Waals surface area contributed by atoms with Gasteiger partial charge in [-0.25, -0.2) is 4.52 Å². The molecular formula is C13H10Cl2N4OS. The van der Waals surface area contributed by atoms with Gasteiger partial charge in [-0.05, 0) is 19.1 Å². The van der Waals surface area contributed by atoms with Crippen LogP contribution < -0.4 is 5.32 Å². The van der Waals surface area contributed by atoms with Crippen LogP contribution in [0.2, 0.25) is 5.02 Å². The van der Waals surface area contributed by atoms with Crippen LogP contribution in [-0.2, 0) is 4.79 Å². The maximum absolute atomic E-state index is 11.6. The van der Waals surface area contributed by atoms with Gasteiger partial charge in [0.2, 0.25) is 10.9 Å². The summed E-state index contributed by atoms with van der Waals surface area (Å²) >= 11 is 13.0. The lowest BCUT2D eigenvalue weighted by atomic mass is 10.2. The molecule has 2 aromatic heterocycles. The molecule has 0 saturated carbocycles. The van der Waals surface area contributed by atoms with Gasteiger partial charge in [-0.2, -0.15) is 4.98 Å². The Morgan fingerprint density at radius 2 is 2.10 bits per heavy atom. The lowest BCUT2D eigenvalue weighted by Gasteiger charge is -2.01. The van der Waals surface area contributed by atoms with E-state index in [1.165, 1.54) is 11.3 Å². The van der Waals surface area contributed by atoms with Gasteiger partial charge < -0.3 is 0 Å². The van der Waals surface area contributed by atoms with E-state index in [0.717, 1.165) is 11.3 Å². The van der Waals surface area contributed by atoms with E-state index >= 15 is 0 Å². The second-order valence-electron chi connectivity index (χ2n) is 4.36. The van der Waals surface area contributed by atoms with E-state index in [9.17, 15) is 4.79 Å². The normalized spacial score (nSPS) is 12.5. The molecule has 0 aliphatic carbocycles. The number of nitrogens with one attached hydrogen (secondary N) is 1. The van der Waals surface area contributed by atoms with Crippen LogP contribution in [0.1, 0.15) is 6.92 Å². The highest BCUT2D eigenvalue weighted by atomic mass is 35.5. The van der Waals surface area contributed by atoms with Crippen molar-refractivity contribution in [2.24, 2.45) is 0 Å². The number of thiazole rings is 1. The molecule has 8 heteroatoms. The number of amides is 1. The fraction of sp³-hybridized carbons (Fsp3) is 0.154. The van der Waals surface area contributed by atoms with Crippen molar-refractivity contribution in [1.82, 2.24) is 14.6 Å². The largest absolute Gasteiger partial charge is 0.292 e. The average Bonchev–Trinajstić information content (AvgIpc) is 2.99.